The summed E-state index contributed by atoms with van der Waals surface area (Å²) in [5.74, 6) is -4.71. The van der Waals surface area contributed by atoms with E-state index in [-0.39, 0.29) is 36.0 Å². The Labute approximate surface area is 266 Å². The van der Waals surface area contributed by atoms with Crippen molar-refractivity contribution in [3.05, 3.63) is 47.8 Å². The number of alkyl halides is 3. The molecule has 0 radical (unpaired) electrons. The number of anilines is 1. The fourth-order valence-electron chi connectivity index (χ4n) is 6.07. The van der Waals surface area contributed by atoms with Crippen molar-refractivity contribution in [3.63, 3.8) is 0 Å². The molecule has 2 saturated carbocycles. The highest BCUT2D eigenvalue weighted by Crippen LogP contribution is 2.40. The Bertz CT molecular complexity index is 1660. The predicted octanol–water partition coefficient (Wildman–Crippen LogP) is 4.04. The number of carboxylic acids is 1. The van der Waals surface area contributed by atoms with Gasteiger partial charge in [-0.3, -0.25) is 14.4 Å². The van der Waals surface area contributed by atoms with E-state index in [0.29, 0.717) is 31.7 Å². The first-order chi connectivity index (χ1) is 22.0. The molecule has 2 aromatic rings. The van der Waals surface area contributed by atoms with Gasteiger partial charge in [0.25, 0.3) is 15.7 Å². The molecule has 3 N–H and O–H groups in total. The van der Waals surface area contributed by atoms with Crippen LogP contribution in [0.5, 0.6) is 11.5 Å². The molecule has 2 aliphatic carbocycles. The van der Waals surface area contributed by atoms with Gasteiger partial charge in [-0.15, -0.1) is 0 Å². The molecule has 3 fully saturated rings. The zero-order valence-electron chi connectivity index (χ0n) is 25.1. The molecule has 1 heterocycles. The highest BCUT2D eigenvalue weighted by Gasteiger charge is 2.52. The average Bonchev–Trinajstić information content (AvgIpc) is 3.61. The highest BCUT2D eigenvalue weighted by atomic mass is 32.2. The Morgan fingerprint density at radius 2 is 1.77 bits per heavy atom. The number of benzene rings is 2. The van der Waals surface area contributed by atoms with Crippen molar-refractivity contribution in [2.45, 2.75) is 73.8 Å². The van der Waals surface area contributed by atoms with Crippen LogP contribution in [0.1, 0.15) is 49.4 Å². The molecule has 0 bridgehead atoms. The maximum atomic E-state index is 15.0. The number of halogens is 4. The van der Waals surface area contributed by atoms with E-state index in [2.05, 4.69) is 10.6 Å². The molecule has 256 valence electrons. The van der Waals surface area contributed by atoms with Crippen molar-refractivity contribution < 1.29 is 64.4 Å². The number of sulfone groups is 1. The van der Waals surface area contributed by atoms with Gasteiger partial charge in [0.1, 0.15) is 18.6 Å². The third-order valence-electron chi connectivity index (χ3n) is 8.88. The van der Waals surface area contributed by atoms with E-state index < -0.39 is 79.5 Å². The summed E-state index contributed by atoms with van der Waals surface area (Å²) in [6, 6.07) is 4.77. The van der Waals surface area contributed by atoms with Crippen LogP contribution in [0.3, 0.4) is 0 Å². The van der Waals surface area contributed by atoms with E-state index >= 15 is 4.39 Å². The Kier molecular flexibility index (Phi) is 9.45. The lowest BCUT2D eigenvalue weighted by atomic mass is 9.75. The smallest absolute Gasteiger partial charge is 0.496 e. The second kappa shape index (κ2) is 12.9. The van der Waals surface area contributed by atoms with E-state index in [1.165, 1.54) is 13.2 Å². The van der Waals surface area contributed by atoms with Crippen molar-refractivity contribution in [2.24, 2.45) is 11.3 Å². The molecular weight excluding hydrogens is 656 g/mol. The molecule has 1 aliphatic heterocycles. The number of aliphatic carboxylic acids is 1. The predicted molar refractivity (Wildman–Crippen MR) is 154 cm³/mol. The Morgan fingerprint density at radius 3 is 2.40 bits per heavy atom. The SMILES string of the molecule is COc1cc(F)c(OC2CCC(C)(C(=O)O)CC2)cc1C(=O)N[C@@H]1C(C(=O)Nc2cccc(S(=O)(=O)C(F)(F)F)c2)C[C@H]2OCO[C@@H]12. The number of nitrogens with one attached hydrogen (secondary N) is 2. The van der Waals surface area contributed by atoms with Crippen LogP contribution in [0.4, 0.5) is 23.2 Å². The normalized spacial score (nSPS) is 27.5. The number of carbonyl (C=O) groups excluding carboxylic acids is 2. The van der Waals surface area contributed by atoms with Crippen LogP contribution < -0.4 is 20.1 Å². The summed E-state index contributed by atoms with van der Waals surface area (Å²) in [5.41, 5.74) is -6.83. The fraction of sp³-hybridized carbons (Fsp3) is 0.500. The molecule has 0 spiro atoms. The maximum Gasteiger partial charge on any atom is 0.501 e. The van der Waals surface area contributed by atoms with E-state index in [9.17, 15) is 41.1 Å². The van der Waals surface area contributed by atoms with Gasteiger partial charge in [-0.25, -0.2) is 12.8 Å². The summed E-state index contributed by atoms with van der Waals surface area (Å²) in [6.07, 6.45) is -0.538. The molecule has 1 unspecified atom stereocenters. The number of amides is 2. The summed E-state index contributed by atoms with van der Waals surface area (Å²) in [5, 5.41) is 14.6. The lowest BCUT2D eigenvalue weighted by molar-refractivity contribution is -0.150. The number of carboxylic acid groups (broad SMARTS) is 1. The van der Waals surface area contributed by atoms with Gasteiger partial charge < -0.3 is 34.7 Å². The topological polar surface area (TPSA) is 167 Å². The third kappa shape index (κ3) is 6.87. The zero-order valence-corrected chi connectivity index (χ0v) is 26.0. The minimum atomic E-state index is -5.68. The summed E-state index contributed by atoms with van der Waals surface area (Å²) < 4.78 is 100. The quantitative estimate of drug-likeness (QED) is 0.328. The van der Waals surface area contributed by atoms with Crippen LogP contribution in [0.25, 0.3) is 0 Å². The monoisotopic (exact) mass is 688 g/mol. The van der Waals surface area contributed by atoms with Crippen molar-refractivity contribution >= 4 is 33.3 Å². The van der Waals surface area contributed by atoms with E-state index in [0.717, 1.165) is 24.3 Å². The van der Waals surface area contributed by atoms with Crippen molar-refractivity contribution in [1.82, 2.24) is 5.32 Å². The van der Waals surface area contributed by atoms with Gasteiger partial charge >= 0.3 is 11.5 Å². The number of methoxy groups -OCH3 is 1. The van der Waals surface area contributed by atoms with Gasteiger partial charge in [0.15, 0.2) is 11.6 Å². The molecule has 5 rings (SSSR count). The number of carbonyl (C=O) groups is 3. The van der Waals surface area contributed by atoms with Crippen LogP contribution in [0, 0.1) is 17.2 Å². The first-order valence-corrected chi connectivity index (χ1v) is 16.1. The molecule has 4 atom stereocenters. The first-order valence-electron chi connectivity index (χ1n) is 14.6. The molecule has 17 heteroatoms. The average molecular weight is 689 g/mol. The van der Waals surface area contributed by atoms with Crippen molar-refractivity contribution in [1.29, 1.82) is 0 Å². The van der Waals surface area contributed by atoms with Crippen LogP contribution >= 0.6 is 0 Å². The Balaban J connectivity index is 1.34. The molecule has 3 aliphatic rings. The highest BCUT2D eigenvalue weighted by molar-refractivity contribution is 7.92. The molecule has 1 saturated heterocycles. The number of hydrogen-bond acceptors (Lipinski definition) is 9. The summed E-state index contributed by atoms with van der Waals surface area (Å²) in [7, 11) is -4.45. The van der Waals surface area contributed by atoms with Gasteiger partial charge in [-0.1, -0.05) is 6.07 Å². The molecular formula is C30H32F4N2O10S. The minimum absolute atomic E-state index is 0.0494. The van der Waals surface area contributed by atoms with Crippen molar-refractivity contribution in [3.8, 4) is 11.5 Å². The van der Waals surface area contributed by atoms with Crippen LogP contribution in [0.15, 0.2) is 41.3 Å². The zero-order chi connectivity index (χ0) is 34.3. The standard InChI is InChI=1S/C30H32F4N2O10S/c1-29(28(39)40)8-6-16(7-9-29)46-22-11-18(21(43-2)13-20(22)31)26(37)36-24-19(12-23-25(24)45-14-44-23)27(38)35-15-4-3-5-17(10-15)47(41,42)30(32,33)34/h3-5,10-11,13,16,19,23-25H,6-9,12,14H2,1-2H3,(H,35,38)(H,36,37)(H,39,40)/t16?,19?,23-,24-,25-,29?/m1/s1. The van der Waals surface area contributed by atoms with Crippen molar-refractivity contribution in [2.75, 3.05) is 19.2 Å². The van der Waals surface area contributed by atoms with Gasteiger partial charge in [0.2, 0.25) is 5.91 Å². The maximum absolute atomic E-state index is 15.0. The lowest BCUT2D eigenvalue weighted by Crippen LogP contribution is -2.48. The van der Waals surface area contributed by atoms with Gasteiger partial charge in [-0.2, -0.15) is 13.2 Å². The third-order valence-corrected chi connectivity index (χ3v) is 10.4. The molecule has 2 aromatic carbocycles. The van der Waals surface area contributed by atoms with Crippen LogP contribution in [-0.2, 0) is 28.9 Å². The summed E-state index contributed by atoms with van der Waals surface area (Å²) in [4.78, 5) is 37.5. The second-order valence-corrected chi connectivity index (χ2v) is 13.9. The van der Waals surface area contributed by atoms with Gasteiger partial charge in [0.05, 0.1) is 47.2 Å². The summed E-state index contributed by atoms with van der Waals surface area (Å²) in [6.45, 7) is 1.52. The Morgan fingerprint density at radius 1 is 1.06 bits per heavy atom. The number of fused-ring (bicyclic) bond motifs is 1. The lowest BCUT2D eigenvalue weighted by Gasteiger charge is -2.34. The largest absolute Gasteiger partial charge is 0.501 e. The summed E-state index contributed by atoms with van der Waals surface area (Å²) >= 11 is 0. The molecule has 12 nitrogen and oxygen atoms in total. The van der Waals surface area contributed by atoms with Gasteiger partial charge in [0, 0.05) is 11.8 Å². The number of hydrogen-bond donors (Lipinski definition) is 3. The Hall–Kier alpha value is -3.96. The van der Waals surface area contributed by atoms with E-state index in [1.807, 2.05) is 0 Å². The minimum Gasteiger partial charge on any atom is -0.496 e. The second-order valence-electron chi connectivity index (χ2n) is 11.9. The fourth-order valence-corrected chi connectivity index (χ4v) is 6.88. The number of ether oxygens (including phenoxy) is 4. The number of rotatable bonds is 9. The first kappa shape index (κ1) is 34.4. The van der Waals surface area contributed by atoms with Gasteiger partial charge in [-0.05, 0) is 63.3 Å². The molecule has 2 amide bonds. The molecule has 0 aromatic heterocycles. The van der Waals surface area contributed by atoms with Crippen LogP contribution in [0.2, 0.25) is 0 Å². The van der Waals surface area contributed by atoms with E-state index in [4.69, 9.17) is 18.9 Å². The van der Waals surface area contributed by atoms with E-state index in [1.54, 1.807) is 6.92 Å². The van der Waals surface area contributed by atoms with Crippen LogP contribution in [-0.4, -0.2) is 75.1 Å². The molecule has 47 heavy (non-hydrogen) atoms.